The maximum atomic E-state index is 12.2. The van der Waals surface area contributed by atoms with Crippen molar-refractivity contribution in [3.8, 4) is 16.9 Å². The van der Waals surface area contributed by atoms with E-state index in [2.05, 4.69) is 0 Å². The molecule has 0 amide bonds. The lowest BCUT2D eigenvalue weighted by Gasteiger charge is -2.08. The molecule has 0 radical (unpaired) electrons. The molecule has 4 N–H and O–H groups in total. The lowest BCUT2D eigenvalue weighted by atomic mass is 10.0. The monoisotopic (exact) mass is 476 g/mol. The van der Waals surface area contributed by atoms with Gasteiger partial charge in [-0.15, -0.1) is 0 Å². The number of ether oxygens (including phenoxy) is 1. The van der Waals surface area contributed by atoms with Crippen LogP contribution in [0, 0.1) is 0 Å². The molecule has 0 unspecified atom stereocenters. The van der Waals surface area contributed by atoms with Gasteiger partial charge in [-0.1, -0.05) is 48.5 Å². The van der Waals surface area contributed by atoms with Crippen molar-refractivity contribution in [3.05, 3.63) is 95.6 Å². The number of nitrogens with two attached hydrogens (primary N) is 2. The van der Waals surface area contributed by atoms with Crippen molar-refractivity contribution in [2.45, 2.75) is 18.2 Å². The summed E-state index contributed by atoms with van der Waals surface area (Å²) in [4.78, 5) is 12.3. The Bertz CT molecular complexity index is 1430. The summed E-state index contributed by atoms with van der Waals surface area (Å²) < 4.78 is 29.9. The molecule has 1 heterocycles. The van der Waals surface area contributed by atoms with E-state index in [-0.39, 0.29) is 11.5 Å². The molecule has 174 valence electrons. The number of anilines is 1. The Kier molecular flexibility index (Phi) is 6.49. The van der Waals surface area contributed by atoms with Crippen LogP contribution in [0.1, 0.15) is 28.4 Å². The van der Waals surface area contributed by atoms with E-state index in [4.69, 9.17) is 20.7 Å². The highest BCUT2D eigenvalue weighted by atomic mass is 32.2. The molecule has 3 aromatic carbocycles. The van der Waals surface area contributed by atoms with Gasteiger partial charge in [0, 0.05) is 17.5 Å². The van der Waals surface area contributed by atoms with Gasteiger partial charge in [0.2, 0.25) is 10.0 Å². The van der Waals surface area contributed by atoms with Crippen LogP contribution in [0.2, 0.25) is 0 Å². The van der Waals surface area contributed by atoms with Crippen molar-refractivity contribution in [1.82, 2.24) is 9.78 Å². The van der Waals surface area contributed by atoms with E-state index in [1.54, 1.807) is 41.9 Å². The van der Waals surface area contributed by atoms with Gasteiger partial charge in [-0.3, -0.25) is 0 Å². The minimum absolute atomic E-state index is 0.0407. The van der Waals surface area contributed by atoms with Crippen molar-refractivity contribution in [2.24, 2.45) is 5.14 Å². The lowest BCUT2D eigenvalue weighted by Crippen LogP contribution is -2.11. The van der Waals surface area contributed by atoms with Crippen molar-refractivity contribution in [3.63, 3.8) is 0 Å². The SMILES string of the molecule is CCOC(=O)c1cccc(-n2nc(-c3ccccc3)c(Cc3ccc(S(N)(=O)=O)cc3)c2N)c1. The maximum absolute atomic E-state index is 12.2. The summed E-state index contributed by atoms with van der Waals surface area (Å²) in [5.41, 5.74) is 10.8. The Morgan fingerprint density at radius 2 is 1.71 bits per heavy atom. The van der Waals surface area contributed by atoms with Gasteiger partial charge in [0.25, 0.3) is 0 Å². The number of esters is 1. The van der Waals surface area contributed by atoms with Gasteiger partial charge in [0.15, 0.2) is 0 Å². The predicted octanol–water partition coefficient (Wildman–Crippen LogP) is 3.54. The molecular weight excluding hydrogens is 452 g/mol. The van der Waals surface area contributed by atoms with E-state index in [9.17, 15) is 13.2 Å². The third-order valence-electron chi connectivity index (χ3n) is 5.31. The average Bonchev–Trinajstić information content (AvgIpc) is 3.15. The molecule has 34 heavy (non-hydrogen) atoms. The van der Waals surface area contributed by atoms with E-state index in [1.165, 1.54) is 12.1 Å². The van der Waals surface area contributed by atoms with E-state index >= 15 is 0 Å². The summed E-state index contributed by atoms with van der Waals surface area (Å²) in [5.74, 6) is -0.0103. The number of carbonyl (C=O) groups excluding carboxylic acids is 1. The van der Waals surface area contributed by atoms with E-state index in [0.717, 1.165) is 16.7 Å². The standard InChI is InChI=1S/C25H24N4O4S/c1-2-33-25(30)19-9-6-10-20(16-19)29-24(26)22(23(28-29)18-7-4-3-5-8-18)15-17-11-13-21(14-12-17)34(27,31)32/h3-14,16H,2,15,26H2,1H3,(H2,27,31,32). The first kappa shape index (κ1) is 23.2. The average molecular weight is 477 g/mol. The number of hydrogen-bond acceptors (Lipinski definition) is 6. The number of nitrogen functional groups attached to an aromatic ring is 1. The van der Waals surface area contributed by atoms with Gasteiger partial charge in [0.1, 0.15) is 5.82 Å². The number of primary sulfonamides is 1. The van der Waals surface area contributed by atoms with E-state index < -0.39 is 16.0 Å². The first-order valence-corrected chi connectivity index (χ1v) is 12.1. The minimum atomic E-state index is -3.78. The van der Waals surface area contributed by atoms with Crippen LogP contribution in [0.15, 0.2) is 83.8 Å². The van der Waals surface area contributed by atoms with Crippen LogP contribution < -0.4 is 10.9 Å². The molecule has 0 aliphatic carbocycles. The molecule has 1 aromatic heterocycles. The highest BCUT2D eigenvalue weighted by molar-refractivity contribution is 7.89. The fourth-order valence-electron chi connectivity index (χ4n) is 3.64. The summed E-state index contributed by atoms with van der Waals surface area (Å²) in [6, 6.07) is 22.9. The zero-order valence-corrected chi connectivity index (χ0v) is 19.3. The zero-order valence-electron chi connectivity index (χ0n) is 18.5. The molecule has 0 saturated heterocycles. The third-order valence-corrected chi connectivity index (χ3v) is 6.23. The summed E-state index contributed by atoms with van der Waals surface area (Å²) in [7, 11) is -3.78. The first-order chi connectivity index (χ1) is 16.3. The Balaban J connectivity index is 1.79. The lowest BCUT2D eigenvalue weighted by molar-refractivity contribution is 0.0526. The topological polar surface area (TPSA) is 130 Å². The molecule has 0 spiro atoms. The summed E-state index contributed by atoms with van der Waals surface area (Å²) in [6.45, 7) is 2.03. The Morgan fingerprint density at radius 3 is 2.35 bits per heavy atom. The van der Waals surface area contributed by atoms with Crippen molar-refractivity contribution < 1.29 is 17.9 Å². The van der Waals surface area contributed by atoms with Crippen LogP contribution in [0.25, 0.3) is 16.9 Å². The Morgan fingerprint density at radius 1 is 1.00 bits per heavy atom. The number of aromatic nitrogens is 2. The largest absolute Gasteiger partial charge is 0.462 e. The number of carbonyl (C=O) groups is 1. The second-order valence-corrected chi connectivity index (χ2v) is 9.19. The zero-order chi connectivity index (χ0) is 24.3. The van der Waals surface area contributed by atoms with E-state index in [0.29, 0.717) is 29.2 Å². The van der Waals surface area contributed by atoms with Gasteiger partial charge in [-0.2, -0.15) is 5.10 Å². The van der Waals surface area contributed by atoms with Gasteiger partial charge in [-0.25, -0.2) is 23.0 Å². The fraction of sp³-hybridized carbons (Fsp3) is 0.120. The number of sulfonamides is 1. The Hall–Kier alpha value is -3.95. The Labute approximate surface area is 197 Å². The molecule has 0 aliphatic rings. The third kappa shape index (κ3) is 4.85. The number of hydrogen-bond donors (Lipinski definition) is 2. The highest BCUT2D eigenvalue weighted by Gasteiger charge is 2.20. The molecular formula is C25H24N4O4S. The quantitative estimate of drug-likeness (QED) is 0.392. The second kappa shape index (κ2) is 9.50. The number of nitrogens with zero attached hydrogens (tertiary/aromatic N) is 2. The number of rotatable bonds is 7. The van der Waals surface area contributed by atoms with Crippen molar-refractivity contribution >= 4 is 21.8 Å². The predicted molar refractivity (Wildman–Crippen MR) is 130 cm³/mol. The van der Waals surface area contributed by atoms with Crippen molar-refractivity contribution in [1.29, 1.82) is 0 Å². The van der Waals surface area contributed by atoms with Crippen LogP contribution in [0.5, 0.6) is 0 Å². The van der Waals surface area contributed by atoms with Crippen LogP contribution in [0.3, 0.4) is 0 Å². The summed E-state index contributed by atoms with van der Waals surface area (Å²) in [6.07, 6.45) is 0.415. The molecule has 9 heteroatoms. The molecule has 4 rings (SSSR count). The second-order valence-electron chi connectivity index (χ2n) is 7.63. The fourth-order valence-corrected chi connectivity index (χ4v) is 4.16. The smallest absolute Gasteiger partial charge is 0.338 e. The normalized spacial score (nSPS) is 11.4. The number of benzene rings is 3. The highest BCUT2D eigenvalue weighted by Crippen LogP contribution is 2.31. The molecule has 0 fully saturated rings. The van der Waals surface area contributed by atoms with Gasteiger partial charge < -0.3 is 10.5 Å². The van der Waals surface area contributed by atoms with Crippen molar-refractivity contribution in [2.75, 3.05) is 12.3 Å². The molecule has 4 aromatic rings. The van der Waals surface area contributed by atoms with Crippen LogP contribution in [-0.2, 0) is 21.2 Å². The minimum Gasteiger partial charge on any atom is -0.462 e. The first-order valence-electron chi connectivity index (χ1n) is 10.6. The summed E-state index contributed by atoms with van der Waals surface area (Å²) >= 11 is 0. The van der Waals surface area contributed by atoms with Gasteiger partial charge in [-0.05, 0) is 42.8 Å². The van der Waals surface area contributed by atoms with Crippen LogP contribution in [0.4, 0.5) is 5.82 Å². The molecule has 0 aliphatic heterocycles. The molecule has 8 nitrogen and oxygen atoms in total. The molecule has 0 atom stereocenters. The summed E-state index contributed by atoms with van der Waals surface area (Å²) in [5, 5.41) is 9.98. The van der Waals surface area contributed by atoms with Gasteiger partial charge in [0.05, 0.1) is 28.4 Å². The maximum Gasteiger partial charge on any atom is 0.338 e. The van der Waals surface area contributed by atoms with Crippen LogP contribution in [-0.4, -0.2) is 30.8 Å². The van der Waals surface area contributed by atoms with Gasteiger partial charge >= 0.3 is 5.97 Å². The molecule has 0 saturated carbocycles. The van der Waals surface area contributed by atoms with Crippen LogP contribution >= 0.6 is 0 Å². The molecule has 0 bridgehead atoms. The van der Waals surface area contributed by atoms with E-state index in [1.807, 2.05) is 36.4 Å².